The molecule has 2 unspecified atom stereocenters. The van der Waals surface area contributed by atoms with Crippen molar-refractivity contribution in [3.05, 3.63) is 73.4 Å². The van der Waals surface area contributed by atoms with Crippen LogP contribution in [0.2, 0.25) is 13.1 Å². The molecule has 0 heterocycles. The summed E-state index contributed by atoms with van der Waals surface area (Å²) < 4.78 is 6.30. The first kappa shape index (κ1) is 15.8. The van der Waals surface area contributed by atoms with Crippen molar-refractivity contribution < 1.29 is 4.12 Å². The highest BCUT2D eigenvalue weighted by molar-refractivity contribution is 6.95. The van der Waals surface area contributed by atoms with Crippen molar-refractivity contribution in [1.29, 1.82) is 0 Å². The van der Waals surface area contributed by atoms with Crippen LogP contribution < -0.4 is 0 Å². The summed E-state index contributed by atoms with van der Waals surface area (Å²) in [5.41, 5.74) is 7.99. The molecule has 0 aromatic heterocycles. The summed E-state index contributed by atoms with van der Waals surface area (Å²) in [7, 11) is -4.07. The van der Waals surface area contributed by atoms with Crippen LogP contribution in [0.3, 0.4) is 0 Å². The molecule has 0 fully saturated rings. The molecule has 0 amide bonds. The van der Waals surface area contributed by atoms with E-state index in [2.05, 4.69) is 50.8 Å². The summed E-state index contributed by atoms with van der Waals surface area (Å²) in [6.07, 6.45) is 7.35. The standard InChI is InChI=1S/C14H22OSi2/c1-7-11-13-16(5,9-3)15-17(6,10-4)14-12-8-2/h7-14H,1-4H2,5-6H3/b13-11+,14-12+. The Morgan fingerprint density at radius 1 is 0.765 bits per heavy atom. The molecule has 0 bridgehead atoms. The van der Waals surface area contributed by atoms with E-state index in [0.29, 0.717) is 0 Å². The second-order valence-electron chi connectivity index (χ2n) is 4.07. The van der Waals surface area contributed by atoms with Crippen LogP contribution in [0.1, 0.15) is 0 Å². The van der Waals surface area contributed by atoms with E-state index in [1.54, 1.807) is 12.2 Å². The largest absolute Gasteiger partial charge is 0.443 e. The van der Waals surface area contributed by atoms with Crippen molar-refractivity contribution in [1.82, 2.24) is 0 Å². The molecular formula is C14H22OSi2. The smallest absolute Gasteiger partial charge is 0.227 e. The Labute approximate surface area is 107 Å². The number of hydrogen-bond acceptors (Lipinski definition) is 1. The molecular weight excluding hydrogens is 240 g/mol. The second kappa shape index (κ2) is 7.22. The fourth-order valence-electron chi connectivity index (χ4n) is 1.28. The van der Waals surface area contributed by atoms with Crippen molar-refractivity contribution in [3.63, 3.8) is 0 Å². The molecule has 0 aliphatic carbocycles. The topological polar surface area (TPSA) is 9.23 Å². The van der Waals surface area contributed by atoms with E-state index < -0.39 is 16.6 Å². The Bertz CT molecular complexity index is 323. The van der Waals surface area contributed by atoms with E-state index in [4.69, 9.17) is 4.12 Å². The normalized spacial score (nSPS) is 18.5. The van der Waals surface area contributed by atoms with Gasteiger partial charge in [-0.05, 0) is 13.1 Å². The van der Waals surface area contributed by atoms with Crippen LogP contribution in [0.4, 0.5) is 0 Å². The molecule has 0 rings (SSSR count). The minimum absolute atomic E-state index is 1.75. The fourth-order valence-corrected chi connectivity index (χ4v) is 7.59. The van der Waals surface area contributed by atoms with Crippen molar-refractivity contribution in [2.75, 3.05) is 0 Å². The Hall–Kier alpha value is -1.17. The van der Waals surface area contributed by atoms with Crippen molar-refractivity contribution in [2.45, 2.75) is 13.1 Å². The minimum Gasteiger partial charge on any atom is -0.443 e. The van der Waals surface area contributed by atoms with Crippen LogP contribution in [-0.2, 0) is 4.12 Å². The molecule has 0 radical (unpaired) electrons. The highest BCUT2D eigenvalue weighted by atomic mass is 28.4. The van der Waals surface area contributed by atoms with Gasteiger partial charge < -0.3 is 4.12 Å². The van der Waals surface area contributed by atoms with Gasteiger partial charge in [0.05, 0.1) is 0 Å². The lowest BCUT2D eigenvalue weighted by Crippen LogP contribution is -2.44. The lowest BCUT2D eigenvalue weighted by atomic mass is 10.6. The van der Waals surface area contributed by atoms with E-state index in [9.17, 15) is 0 Å². The van der Waals surface area contributed by atoms with E-state index in [1.807, 2.05) is 23.6 Å². The molecule has 0 aliphatic rings. The average molecular weight is 263 g/mol. The quantitative estimate of drug-likeness (QED) is 0.471. The fraction of sp³-hybridized carbons (Fsp3) is 0.143. The monoisotopic (exact) mass is 262 g/mol. The SMILES string of the molecule is C=C/C=C/[Si](C)(C=C)O[Si](C)(C=C)/C=C/C=C. The summed E-state index contributed by atoms with van der Waals surface area (Å²) in [4.78, 5) is 0. The molecule has 0 saturated heterocycles. The maximum atomic E-state index is 6.30. The van der Waals surface area contributed by atoms with Gasteiger partial charge in [-0.25, -0.2) is 0 Å². The maximum absolute atomic E-state index is 6.30. The van der Waals surface area contributed by atoms with E-state index in [0.717, 1.165) is 0 Å². The van der Waals surface area contributed by atoms with E-state index in [-0.39, 0.29) is 0 Å². The van der Waals surface area contributed by atoms with E-state index in [1.165, 1.54) is 0 Å². The van der Waals surface area contributed by atoms with Crippen molar-refractivity contribution >= 4 is 16.6 Å². The van der Waals surface area contributed by atoms with Gasteiger partial charge in [-0.3, -0.25) is 0 Å². The van der Waals surface area contributed by atoms with Crippen LogP contribution in [0.5, 0.6) is 0 Å². The lowest BCUT2D eigenvalue weighted by Gasteiger charge is -2.30. The summed E-state index contributed by atoms with van der Waals surface area (Å²) in [5, 5.41) is 0. The molecule has 3 heteroatoms. The van der Waals surface area contributed by atoms with Crippen LogP contribution >= 0.6 is 0 Å². The molecule has 17 heavy (non-hydrogen) atoms. The molecule has 92 valence electrons. The molecule has 1 nitrogen and oxygen atoms in total. The Morgan fingerprint density at radius 2 is 1.12 bits per heavy atom. The molecule has 0 N–H and O–H groups in total. The van der Waals surface area contributed by atoms with Gasteiger partial charge in [0.15, 0.2) is 0 Å². The molecule has 0 aliphatic heterocycles. The summed E-state index contributed by atoms with van der Waals surface area (Å²) in [6.45, 7) is 19.3. The highest BCUT2D eigenvalue weighted by Crippen LogP contribution is 2.19. The molecule has 2 atom stereocenters. The van der Waals surface area contributed by atoms with Gasteiger partial charge in [-0.2, -0.15) is 0 Å². The molecule has 0 aromatic rings. The van der Waals surface area contributed by atoms with Gasteiger partial charge in [0, 0.05) is 0 Å². The number of allylic oxidation sites excluding steroid dienone is 4. The predicted octanol–water partition coefficient (Wildman–Crippen LogP) is 4.17. The zero-order valence-corrected chi connectivity index (χ0v) is 12.9. The first-order chi connectivity index (χ1) is 7.95. The van der Waals surface area contributed by atoms with Gasteiger partial charge in [-0.15, -0.1) is 13.2 Å². The lowest BCUT2D eigenvalue weighted by molar-refractivity contribution is 0.582. The summed E-state index contributed by atoms with van der Waals surface area (Å²) in [5.74, 6) is 0. The van der Waals surface area contributed by atoms with Crippen molar-refractivity contribution in [3.8, 4) is 0 Å². The van der Waals surface area contributed by atoms with Crippen LogP contribution in [0, 0.1) is 0 Å². The maximum Gasteiger partial charge on any atom is 0.227 e. The minimum atomic E-state index is -2.03. The predicted molar refractivity (Wildman–Crippen MR) is 83.4 cm³/mol. The summed E-state index contributed by atoms with van der Waals surface area (Å²) in [6, 6.07) is 0. The Morgan fingerprint density at radius 3 is 1.35 bits per heavy atom. The van der Waals surface area contributed by atoms with Gasteiger partial charge in [0.1, 0.15) is 0 Å². The first-order valence-electron chi connectivity index (χ1n) is 5.53. The van der Waals surface area contributed by atoms with Crippen LogP contribution in [-0.4, -0.2) is 16.6 Å². The van der Waals surface area contributed by atoms with E-state index >= 15 is 0 Å². The van der Waals surface area contributed by atoms with Gasteiger partial charge in [0.2, 0.25) is 16.6 Å². The number of hydrogen-bond donors (Lipinski definition) is 0. The highest BCUT2D eigenvalue weighted by Gasteiger charge is 2.32. The van der Waals surface area contributed by atoms with Gasteiger partial charge >= 0.3 is 0 Å². The Balaban J connectivity index is 5.07. The molecule has 0 spiro atoms. The summed E-state index contributed by atoms with van der Waals surface area (Å²) >= 11 is 0. The van der Waals surface area contributed by atoms with Gasteiger partial charge in [-0.1, -0.05) is 60.3 Å². The number of rotatable bonds is 8. The van der Waals surface area contributed by atoms with Crippen LogP contribution in [0.25, 0.3) is 0 Å². The zero-order valence-electron chi connectivity index (χ0n) is 10.9. The third-order valence-corrected chi connectivity index (χ3v) is 9.23. The third-order valence-electron chi connectivity index (χ3n) is 2.38. The molecule has 0 saturated carbocycles. The van der Waals surface area contributed by atoms with Gasteiger partial charge in [0.25, 0.3) is 0 Å². The Kier molecular flexibility index (Phi) is 6.72. The zero-order chi connectivity index (χ0) is 13.4. The third kappa shape index (κ3) is 5.63. The molecule has 0 aromatic carbocycles. The van der Waals surface area contributed by atoms with Crippen LogP contribution in [0.15, 0.2) is 73.4 Å². The van der Waals surface area contributed by atoms with Crippen molar-refractivity contribution in [2.24, 2.45) is 0 Å². The average Bonchev–Trinajstić information content (AvgIpc) is 2.34. The first-order valence-corrected chi connectivity index (χ1v) is 10.7. The second-order valence-corrected chi connectivity index (χ2v) is 11.1.